The zero-order valence-corrected chi connectivity index (χ0v) is 11.7. The van der Waals surface area contributed by atoms with Crippen LogP contribution in [-0.2, 0) is 4.79 Å². The number of rotatable bonds is 5. The molecule has 0 aromatic heterocycles. The summed E-state index contributed by atoms with van der Waals surface area (Å²) in [5.41, 5.74) is 7.80. The Balaban J connectivity index is 1.97. The fraction of sp³-hybridized carbons (Fsp3) is 0.467. The minimum absolute atomic E-state index is 0.0265. The number of benzene rings is 1. The van der Waals surface area contributed by atoms with Gasteiger partial charge in [0.2, 0.25) is 0 Å². The van der Waals surface area contributed by atoms with E-state index in [4.69, 9.17) is 10.8 Å². The average Bonchev–Trinajstić information content (AvgIpc) is 3.12. The summed E-state index contributed by atoms with van der Waals surface area (Å²) in [6, 6.07) is 5.11. The number of aryl methyl sites for hydroxylation is 1. The van der Waals surface area contributed by atoms with Crippen molar-refractivity contribution in [3.63, 3.8) is 0 Å². The zero-order valence-electron chi connectivity index (χ0n) is 11.7. The first-order valence-electron chi connectivity index (χ1n) is 6.83. The van der Waals surface area contributed by atoms with Gasteiger partial charge < -0.3 is 16.2 Å². The Morgan fingerprint density at radius 3 is 2.75 bits per heavy atom. The van der Waals surface area contributed by atoms with Gasteiger partial charge in [0.1, 0.15) is 0 Å². The quantitative estimate of drug-likeness (QED) is 0.715. The SMILES string of the molecule is CCC(C(=O)O)C1CC1NC(=O)c1ccc(N)c(C)c1. The number of aliphatic carboxylic acids is 1. The number of carbonyl (C=O) groups is 2. The van der Waals surface area contributed by atoms with Crippen molar-refractivity contribution in [2.75, 3.05) is 5.73 Å². The van der Waals surface area contributed by atoms with Crippen LogP contribution in [0.15, 0.2) is 18.2 Å². The standard InChI is InChI=1S/C15H20N2O3/c1-3-10(15(19)20)11-7-13(11)17-14(18)9-4-5-12(16)8(2)6-9/h4-6,10-11,13H,3,7,16H2,1-2H3,(H,17,18)(H,19,20). The second-order valence-corrected chi connectivity index (χ2v) is 5.40. The number of amides is 1. The molecule has 1 amide bonds. The van der Waals surface area contributed by atoms with E-state index in [1.165, 1.54) is 0 Å². The van der Waals surface area contributed by atoms with Crippen LogP contribution in [0.4, 0.5) is 5.69 Å². The van der Waals surface area contributed by atoms with Gasteiger partial charge in [0.15, 0.2) is 0 Å². The molecule has 3 atom stereocenters. The predicted molar refractivity (Wildman–Crippen MR) is 76.4 cm³/mol. The molecule has 20 heavy (non-hydrogen) atoms. The van der Waals surface area contributed by atoms with Crippen LogP contribution >= 0.6 is 0 Å². The summed E-state index contributed by atoms with van der Waals surface area (Å²) in [6.07, 6.45) is 1.33. The van der Waals surface area contributed by atoms with Gasteiger partial charge in [-0.05, 0) is 49.4 Å². The molecular formula is C15H20N2O3. The smallest absolute Gasteiger partial charge is 0.306 e. The molecule has 5 nitrogen and oxygen atoms in total. The van der Waals surface area contributed by atoms with Crippen LogP contribution in [0.1, 0.15) is 35.7 Å². The molecule has 5 heteroatoms. The lowest BCUT2D eigenvalue weighted by molar-refractivity contribution is -0.142. The van der Waals surface area contributed by atoms with E-state index < -0.39 is 5.97 Å². The second-order valence-electron chi connectivity index (χ2n) is 5.40. The highest BCUT2D eigenvalue weighted by atomic mass is 16.4. The first-order valence-corrected chi connectivity index (χ1v) is 6.83. The molecule has 0 spiro atoms. The van der Waals surface area contributed by atoms with Crippen molar-refractivity contribution in [3.05, 3.63) is 29.3 Å². The molecule has 1 saturated carbocycles. The van der Waals surface area contributed by atoms with Crippen molar-refractivity contribution >= 4 is 17.6 Å². The Hall–Kier alpha value is -2.04. The highest BCUT2D eigenvalue weighted by Gasteiger charge is 2.46. The van der Waals surface area contributed by atoms with Crippen LogP contribution < -0.4 is 11.1 Å². The first-order chi connectivity index (χ1) is 9.43. The van der Waals surface area contributed by atoms with E-state index in [2.05, 4.69) is 5.32 Å². The van der Waals surface area contributed by atoms with Gasteiger partial charge in [0, 0.05) is 17.3 Å². The van der Waals surface area contributed by atoms with Crippen LogP contribution in [0.2, 0.25) is 0 Å². The number of nitrogens with two attached hydrogens (primary N) is 1. The molecule has 4 N–H and O–H groups in total. The maximum Gasteiger partial charge on any atom is 0.306 e. The van der Waals surface area contributed by atoms with Gasteiger partial charge in [-0.3, -0.25) is 9.59 Å². The second kappa shape index (κ2) is 5.53. The molecule has 1 aliphatic carbocycles. The Labute approximate surface area is 118 Å². The van der Waals surface area contributed by atoms with E-state index in [1.54, 1.807) is 18.2 Å². The summed E-state index contributed by atoms with van der Waals surface area (Å²) in [7, 11) is 0. The lowest BCUT2D eigenvalue weighted by Crippen LogP contribution is -2.29. The lowest BCUT2D eigenvalue weighted by atomic mass is 10.0. The summed E-state index contributed by atoms with van der Waals surface area (Å²) in [5.74, 6) is -1.26. The minimum Gasteiger partial charge on any atom is -0.481 e. The van der Waals surface area contributed by atoms with Crippen molar-refractivity contribution in [2.24, 2.45) is 11.8 Å². The fourth-order valence-corrected chi connectivity index (χ4v) is 2.55. The normalized spacial score (nSPS) is 22.1. The van der Waals surface area contributed by atoms with Gasteiger partial charge in [-0.15, -0.1) is 0 Å². The Morgan fingerprint density at radius 2 is 2.20 bits per heavy atom. The van der Waals surface area contributed by atoms with Crippen molar-refractivity contribution in [1.82, 2.24) is 5.32 Å². The highest BCUT2D eigenvalue weighted by Crippen LogP contribution is 2.39. The van der Waals surface area contributed by atoms with E-state index in [1.807, 2.05) is 13.8 Å². The molecule has 0 heterocycles. The van der Waals surface area contributed by atoms with Crippen molar-refractivity contribution < 1.29 is 14.7 Å². The van der Waals surface area contributed by atoms with Crippen LogP contribution in [0.25, 0.3) is 0 Å². The third-order valence-corrected chi connectivity index (χ3v) is 3.96. The monoisotopic (exact) mass is 276 g/mol. The topological polar surface area (TPSA) is 92.4 Å². The molecule has 1 aromatic carbocycles. The number of anilines is 1. The molecule has 1 aromatic rings. The molecule has 2 rings (SSSR count). The fourth-order valence-electron chi connectivity index (χ4n) is 2.55. The Kier molecular flexibility index (Phi) is 3.97. The third kappa shape index (κ3) is 2.92. The van der Waals surface area contributed by atoms with Gasteiger partial charge in [0.25, 0.3) is 5.91 Å². The number of carboxylic acids is 1. The number of nitrogen functional groups attached to an aromatic ring is 1. The van der Waals surface area contributed by atoms with Crippen LogP contribution in [0.5, 0.6) is 0 Å². The zero-order chi connectivity index (χ0) is 14.9. The molecule has 0 bridgehead atoms. The maximum atomic E-state index is 12.1. The van der Waals surface area contributed by atoms with Gasteiger partial charge in [-0.25, -0.2) is 0 Å². The van der Waals surface area contributed by atoms with Crippen LogP contribution in [0, 0.1) is 18.8 Å². The molecule has 0 saturated heterocycles. The number of carboxylic acid groups (broad SMARTS) is 1. The number of nitrogens with one attached hydrogen (secondary N) is 1. The summed E-state index contributed by atoms with van der Waals surface area (Å²) in [6.45, 7) is 3.71. The molecule has 0 aliphatic heterocycles. The summed E-state index contributed by atoms with van der Waals surface area (Å²) in [4.78, 5) is 23.2. The Bertz CT molecular complexity index is 542. The molecule has 3 unspecified atom stereocenters. The molecule has 1 fully saturated rings. The first kappa shape index (κ1) is 14.4. The van der Waals surface area contributed by atoms with Gasteiger partial charge in [0.05, 0.1) is 5.92 Å². The molecule has 108 valence electrons. The number of hydrogen-bond acceptors (Lipinski definition) is 3. The summed E-state index contributed by atoms with van der Waals surface area (Å²) < 4.78 is 0. The highest BCUT2D eigenvalue weighted by molar-refractivity contribution is 5.95. The van der Waals surface area contributed by atoms with Crippen LogP contribution in [0.3, 0.4) is 0 Å². The van der Waals surface area contributed by atoms with Crippen molar-refractivity contribution in [1.29, 1.82) is 0 Å². The number of carbonyl (C=O) groups excluding carboxylic acids is 1. The van der Waals surface area contributed by atoms with E-state index in [9.17, 15) is 9.59 Å². The average molecular weight is 276 g/mol. The molecule has 0 radical (unpaired) electrons. The minimum atomic E-state index is -0.780. The van der Waals surface area contributed by atoms with Crippen molar-refractivity contribution in [2.45, 2.75) is 32.7 Å². The molecular weight excluding hydrogens is 256 g/mol. The van der Waals surface area contributed by atoms with E-state index in [0.29, 0.717) is 17.7 Å². The summed E-state index contributed by atoms with van der Waals surface area (Å²) in [5, 5.41) is 12.0. The Morgan fingerprint density at radius 1 is 1.50 bits per heavy atom. The van der Waals surface area contributed by atoms with Crippen LogP contribution in [-0.4, -0.2) is 23.0 Å². The lowest BCUT2D eigenvalue weighted by Gasteiger charge is -2.10. The predicted octanol–water partition coefficient (Wildman–Crippen LogP) is 1.81. The van der Waals surface area contributed by atoms with Crippen molar-refractivity contribution in [3.8, 4) is 0 Å². The largest absolute Gasteiger partial charge is 0.481 e. The number of hydrogen-bond donors (Lipinski definition) is 3. The van der Waals surface area contributed by atoms with Gasteiger partial charge >= 0.3 is 5.97 Å². The van der Waals surface area contributed by atoms with E-state index >= 15 is 0 Å². The van der Waals surface area contributed by atoms with Gasteiger partial charge in [-0.2, -0.15) is 0 Å². The third-order valence-electron chi connectivity index (χ3n) is 3.96. The summed E-state index contributed by atoms with van der Waals surface area (Å²) >= 11 is 0. The molecule has 1 aliphatic rings. The van der Waals surface area contributed by atoms with Gasteiger partial charge in [-0.1, -0.05) is 6.92 Å². The maximum absolute atomic E-state index is 12.1. The van der Waals surface area contributed by atoms with E-state index in [-0.39, 0.29) is 23.8 Å². The van der Waals surface area contributed by atoms with E-state index in [0.717, 1.165) is 12.0 Å².